The Morgan fingerprint density at radius 2 is 2.12 bits per heavy atom. The highest BCUT2D eigenvalue weighted by atomic mass is 19.1. The van der Waals surface area contributed by atoms with Crippen molar-refractivity contribution in [2.45, 2.75) is 19.4 Å². The smallest absolute Gasteiger partial charge is 0.248 e. The van der Waals surface area contributed by atoms with E-state index in [-0.39, 0.29) is 24.8 Å². The van der Waals surface area contributed by atoms with Gasteiger partial charge in [0.15, 0.2) is 0 Å². The summed E-state index contributed by atoms with van der Waals surface area (Å²) in [7, 11) is 0. The van der Waals surface area contributed by atoms with E-state index < -0.39 is 11.9 Å². The van der Waals surface area contributed by atoms with E-state index in [1.807, 2.05) is 0 Å². The molecule has 132 valence electrons. The second kappa shape index (κ2) is 7.06. The Balaban J connectivity index is 1.60. The molecule has 1 unspecified atom stereocenters. The SMILES string of the molecule is Cc1ccc(N2CCN(C(=O)CC(O)c3cccc(F)c3)CC2=O)o1. The van der Waals surface area contributed by atoms with E-state index in [0.29, 0.717) is 30.3 Å². The van der Waals surface area contributed by atoms with Crippen LogP contribution in [0.5, 0.6) is 0 Å². The minimum atomic E-state index is -1.11. The van der Waals surface area contributed by atoms with Crippen LogP contribution in [-0.2, 0) is 9.59 Å². The minimum Gasteiger partial charge on any atom is -0.445 e. The van der Waals surface area contributed by atoms with Crippen molar-refractivity contribution in [3.05, 3.63) is 53.5 Å². The molecule has 2 aromatic rings. The standard InChI is InChI=1S/C18H19FN2O4/c1-12-5-6-18(25-12)21-8-7-20(11-17(21)24)16(23)10-15(22)13-3-2-4-14(19)9-13/h2-6,9,15,22H,7-8,10-11H2,1H3. The van der Waals surface area contributed by atoms with Gasteiger partial charge in [-0.3, -0.25) is 14.5 Å². The number of piperazine rings is 1. The van der Waals surface area contributed by atoms with E-state index in [1.165, 1.54) is 28.0 Å². The van der Waals surface area contributed by atoms with E-state index >= 15 is 0 Å². The molecule has 1 fully saturated rings. The molecule has 2 heterocycles. The first-order chi connectivity index (χ1) is 11.9. The van der Waals surface area contributed by atoms with Gasteiger partial charge in [-0.25, -0.2) is 4.39 Å². The zero-order valence-electron chi connectivity index (χ0n) is 13.8. The molecule has 0 saturated carbocycles. The van der Waals surface area contributed by atoms with Crippen molar-refractivity contribution in [3.8, 4) is 0 Å². The first kappa shape index (κ1) is 17.2. The van der Waals surface area contributed by atoms with Gasteiger partial charge in [0.25, 0.3) is 0 Å². The lowest BCUT2D eigenvalue weighted by Gasteiger charge is -2.33. The topological polar surface area (TPSA) is 74.0 Å². The zero-order chi connectivity index (χ0) is 18.0. The highest BCUT2D eigenvalue weighted by molar-refractivity contribution is 5.97. The lowest BCUT2D eigenvalue weighted by Crippen LogP contribution is -2.52. The maximum Gasteiger partial charge on any atom is 0.248 e. The first-order valence-corrected chi connectivity index (χ1v) is 8.02. The second-order valence-electron chi connectivity index (χ2n) is 6.02. The van der Waals surface area contributed by atoms with Crippen molar-refractivity contribution in [2.24, 2.45) is 0 Å². The van der Waals surface area contributed by atoms with Gasteiger partial charge in [0.2, 0.25) is 17.7 Å². The second-order valence-corrected chi connectivity index (χ2v) is 6.02. The summed E-state index contributed by atoms with van der Waals surface area (Å²) in [6.45, 7) is 2.39. The average Bonchev–Trinajstić information content (AvgIpc) is 3.00. The van der Waals surface area contributed by atoms with Crippen LogP contribution in [0.2, 0.25) is 0 Å². The molecule has 0 bridgehead atoms. The van der Waals surface area contributed by atoms with E-state index in [9.17, 15) is 19.1 Å². The van der Waals surface area contributed by atoms with Crippen LogP contribution >= 0.6 is 0 Å². The van der Waals surface area contributed by atoms with Gasteiger partial charge in [-0.1, -0.05) is 12.1 Å². The fourth-order valence-corrected chi connectivity index (χ4v) is 2.81. The third kappa shape index (κ3) is 3.88. The van der Waals surface area contributed by atoms with Crippen molar-refractivity contribution in [1.82, 2.24) is 4.90 Å². The molecule has 7 heteroatoms. The zero-order valence-corrected chi connectivity index (χ0v) is 13.8. The Kier molecular flexibility index (Phi) is 4.85. The largest absolute Gasteiger partial charge is 0.445 e. The number of amides is 2. The number of hydrogen-bond acceptors (Lipinski definition) is 4. The number of carbonyl (C=O) groups is 2. The molecule has 1 aromatic carbocycles. The van der Waals surface area contributed by atoms with Crippen LogP contribution in [0.15, 0.2) is 40.8 Å². The van der Waals surface area contributed by atoms with Crippen LogP contribution in [0, 0.1) is 12.7 Å². The number of aliphatic hydroxyl groups is 1. The molecule has 1 saturated heterocycles. The fraction of sp³-hybridized carbons (Fsp3) is 0.333. The van der Waals surface area contributed by atoms with E-state index in [4.69, 9.17) is 4.42 Å². The first-order valence-electron chi connectivity index (χ1n) is 8.02. The summed E-state index contributed by atoms with van der Waals surface area (Å²) in [5.41, 5.74) is 0.337. The maximum absolute atomic E-state index is 13.2. The Morgan fingerprint density at radius 3 is 2.76 bits per heavy atom. The fourth-order valence-electron chi connectivity index (χ4n) is 2.81. The highest BCUT2D eigenvalue weighted by Crippen LogP contribution is 2.22. The number of aryl methyl sites for hydroxylation is 1. The molecular formula is C18H19FN2O4. The third-order valence-corrected chi connectivity index (χ3v) is 4.17. The molecule has 6 nitrogen and oxygen atoms in total. The molecule has 2 amide bonds. The van der Waals surface area contributed by atoms with Gasteiger partial charge < -0.3 is 14.4 Å². The van der Waals surface area contributed by atoms with Crippen molar-refractivity contribution in [3.63, 3.8) is 0 Å². The van der Waals surface area contributed by atoms with E-state index in [0.717, 1.165) is 0 Å². The number of aliphatic hydroxyl groups excluding tert-OH is 1. The maximum atomic E-state index is 13.2. The van der Waals surface area contributed by atoms with Gasteiger partial charge >= 0.3 is 0 Å². The normalized spacial score (nSPS) is 16.2. The molecular weight excluding hydrogens is 327 g/mol. The number of benzene rings is 1. The van der Waals surface area contributed by atoms with Gasteiger partial charge in [-0.05, 0) is 30.7 Å². The third-order valence-electron chi connectivity index (χ3n) is 4.17. The van der Waals surface area contributed by atoms with Crippen molar-refractivity contribution in [1.29, 1.82) is 0 Å². The minimum absolute atomic E-state index is 0.0749. The average molecular weight is 346 g/mol. The number of hydrogen-bond donors (Lipinski definition) is 1. The van der Waals surface area contributed by atoms with Crippen LogP contribution in [0.3, 0.4) is 0 Å². The van der Waals surface area contributed by atoms with Gasteiger partial charge in [0, 0.05) is 19.2 Å². The molecule has 25 heavy (non-hydrogen) atoms. The van der Waals surface area contributed by atoms with E-state index in [2.05, 4.69) is 0 Å². The summed E-state index contributed by atoms with van der Waals surface area (Å²) in [6.07, 6.45) is -1.31. The lowest BCUT2D eigenvalue weighted by atomic mass is 10.1. The molecule has 1 aliphatic heterocycles. The van der Waals surface area contributed by atoms with Crippen LogP contribution in [0.1, 0.15) is 23.8 Å². The highest BCUT2D eigenvalue weighted by Gasteiger charge is 2.30. The van der Waals surface area contributed by atoms with Gasteiger partial charge in [0.05, 0.1) is 12.5 Å². The Labute approximate surface area is 144 Å². The Bertz CT molecular complexity index is 789. The molecule has 0 spiro atoms. The summed E-state index contributed by atoms with van der Waals surface area (Å²) in [5.74, 6) is 0.116. The summed E-state index contributed by atoms with van der Waals surface area (Å²) >= 11 is 0. The summed E-state index contributed by atoms with van der Waals surface area (Å²) in [5, 5.41) is 10.1. The predicted octanol–water partition coefficient (Wildman–Crippen LogP) is 2.03. The van der Waals surface area contributed by atoms with E-state index in [1.54, 1.807) is 25.1 Å². The van der Waals surface area contributed by atoms with Crippen LogP contribution < -0.4 is 4.90 Å². The number of anilines is 1. The van der Waals surface area contributed by atoms with Gasteiger partial charge in [-0.2, -0.15) is 0 Å². The Morgan fingerprint density at radius 1 is 1.32 bits per heavy atom. The van der Waals surface area contributed by atoms with Crippen molar-refractivity contribution in [2.75, 3.05) is 24.5 Å². The van der Waals surface area contributed by atoms with Crippen LogP contribution in [-0.4, -0.2) is 41.5 Å². The van der Waals surface area contributed by atoms with Gasteiger partial charge in [-0.15, -0.1) is 0 Å². The quantitative estimate of drug-likeness (QED) is 0.919. The Hall–Kier alpha value is -2.67. The monoisotopic (exact) mass is 346 g/mol. The summed E-state index contributed by atoms with van der Waals surface area (Å²) < 4.78 is 18.7. The number of furan rings is 1. The molecule has 3 rings (SSSR count). The number of nitrogens with zero attached hydrogens (tertiary/aromatic N) is 2. The van der Waals surface area contributed by atoms with Gasteiger partial charge in [0.1, 0.15) is 18.1 Å². The predicted molar refractivity (Wildman–Crippen MR) is 88.4 cm³/mol. The van der Waals surface area contributed by atoms with Crippen molar-refractivity contribution < 1.29 is 23.5 Å². The molecule has 1 atom stereocenters. The summed E-state index contributed by atoms with van der Waals surface area (Å²) in [6, 6.07) is 9.00. The number of carbonyl (C=O) groups excluding carboxylic acids is 2. The molecule has 0 aliphatic carbocycles. The lowest BCUT2D eigenvalue weighted by molar-refractivity contribution is -0.138. The number of rotatable bonds is 4. The molecule has 1 aliphatic rings. The molecule has 1 aromatic heterocycles. The summed E-state index contributed by atoms with van der Waals surface area (Å²) in [4.78, 5) is 27.5. The van der Waals surface area contributed by atoms with Crippen LogP contribution in [0.4, 0.5) is 10.3 Å². The van der Waals surface area contributed by atoms with Crippen LogP contribution in [0.25, 0.3) is 0 Å². The van der Waals surface area contributed by atoms with Crippen molar-refractivity contribution >= 4 is 17.7 Å². The molecule has 1 N–H and O–H groups in total. The number of halogens is 1. The molecule has 0 radical (unpaired) electrons.